The predicted molar refractivity (Wildman–Crippen MR) is 232 cm³/mol. The van der Waals surface area contributed by atoms with Gasteiger partial charge in [-0.15, -0.1) is 0 Å². The molecule has 7 heteroatoms. The first-order valence-electron chi connectivity index (χ1n) is 19.3. The van der Waals surface area contributed by atoms with Crippen LogP contribution in [0.2, 0.25) is 0 Å². The van der Waals surface area contributed by atoms with E-state index in [1.807, 2.05) is 72.8 Å². The summed E-state index contributed by atoms with van der Waals surface area (Å²) >= 11 is 0. The van der Waals surface area contributed by atoms with Crippen molar-refractivity contribution in [3.8, 4) is 39.9 Å². The average molecular weight is 745 g/mol. The van der Waals surface area contributed by atoms with Crippen LogP contribution in [0.25, 0.3) is 127 Å². The first-order chi connectivity index (χ1) is 28.7. The van der Waals surface area contributed by atoms with Crippen molar-refractivity contribution in [2.45, 2.75) is 0 Å². The van der Waals surface area contributed by atoms with Crippen molar-refractivity contribution in [3.05, 3.63) is 170 Å². The number of hydrogen-bond donors (Lipinski definition) is 0. The van der Waals surface area contributed by atoms with E-state index in [2.05, 4.69) is 102 Å². The summed E-state index contributed by atoms with van der Waals surface area (Å²) in [6.07, 6.45) is 0. The molecule has 58 heavy (non-hydrogen) atoms. The van der Waals surface area contributed by atoms with Crippen LogP contribution in [0.4, 0.5) is 0 Å². The smallest absolute Gasteiger partial charge is 0.178 e. The van der Waals surface area contributed by atoms with Crippen molar-refractivity contribution in [2.24, 2.45) is 0 Å². The standard InChI is InChI=1S/C51H28N4O3/c1-2-11-29(12-3-1)49-52-50(54-51(53-49)39-17-10-16-36-34-15-6-9-20-43(34)56-46(36)39)30-21-26-44-40(27-30)38-25-24-37-35-23-22-31(28-45(35)58-47(37)48(38)57-44)55-41-18-7-4-13-32(41)33-14-5-8-19-42(33)55/h1-28H. The molecule has 5 aromatic heterocycles. The Bertz CT molecular complexity index is 3760. The van der Waals surface area contributed by atoms with Gasteiger partial charge < -0.3 is 17.8 Å². The van der Waals surface area contributed by atoms with E-state index in [1.54, 1.807) is 0 Å². The molecule has 0 radical (unpaired) electrons. The fourth-order valence-electron chi connectivity index (χ4n) is 8.80. The lowest BCUT2D eigenvalue weighted by atomic mass is 10.1. The SMILES string of the molecule is c1ccc(-c2nc(-c3ccc4oc5c(ccc6c7ccc(-n8c9ccccc9c9ccccc98)cc7oc65)c4c3)nc(-c3cccc4c3oc3ccccc34)n2)cc1. The lowest BCUT2D eigenvalue weighted by molar-refractivity contribution is 0.633. The van der Waals surface area contributed by atoms with E-state index >= 15 is 0 Å². The van der Waals surface area contributed by atoms with Crippen LogP contribution in [0.5, 0.6) is 0 Å². The van der Waals surface area contributed by atoms with E-state index in [1.165, 1.54) is 10.8 Å². The number of fused-ring (bicyclic) bond motifs is 13. The fourth-order valence-corrected chi connectivity index (χ4v) is 8.80. The Kier molecular flexibility index (Phi) is 6.32. The number of benzene rings is 8. The zero-order valence-corrected chi connectivity index (χ0v) is 30.7. The molecule has 13 aromatic rings. The van der Waals surface area contributed by atoms with Crippen LogP contribution in [-0.4, -0.2) is 19.5 Å². The summed E-state index contributed by atoms with van der Waals surface area (Å²) in [6, 6.07) is 58.1. The molecule has 270 valence electrons. The van der Waals surface area contributed by atoms with Crippen LogP contribution in [0.15, 0.2) is 183 Å². The van der Waals surface area contributed by atoms with Crippen molar-refractivity contribution in [1.29, 1.82) is 0 Å². The Morgan fingerprint density at radius 3 is 1.67 bits per heavy atom. The first kappa shape index (κ1) is 31.2. The van der Waals surface area contributed by atoms with Crippen molar-refractivity contribution in [1.82, 2.24) is 19.5 Å². The molecule has 0 amide bonds. The summed E-state index contributed by atoms with van der Waals surface area (Å²) < 4.78 is 22.0. The van der Waals surface area contributed by atoms with Crippen LogP contribution >= 0.6 is 0 Å². The highest BCUT2D eigenvalue weighted by molar-refractivity contribution is 6.19. The molecule has 0 saturated heterocycles. The normalized spacial score (nSPS) is 12.1. The summed E-state index contributed by atoms with van der Waals surface area (Å²) in [5, 5.41) is 8.45. The quantitative estimate of drug-likeness (QED) is 0.178. The summed E-state index contributed by atoms with van der Waals surface area (Å²) in [4.78, 5) is 15.2. The van der Waals surface area contributed by atoms with Crippen LogP contribution in [-0.2, 0) is 0 Å². The zero-order chi connectivity index (χ0) is 37.9. The molecular formula is C51H28N4O3. The van der Waals surface area contributed by atoms with Gasteiger partial charge in [0.25, 0.3) is 0 Å². The molecule has 0 fully saturated rings. The number of rotatable bonds is 4. The van der Waals surface area contributed by atoms with Crippen LogP contribution in [0.3, 0.4) is 0 Å². The van der Waals surface area contributed by atoms with E-state index < -0.39 is 0 Å². The van der Waals surface area contributed by atoms with Gasteiger partial charge in [-0.1, -0.05) is 97.1 Å². The van der Waals surface area contributed by atoms with Gasteiger partial charge in [-0.2, -0.15) is 0 Å². The van der Waals surface area contributed by atoms with Gasteiger partial charge in [-0.3, -0.25) is 0 Å². The highest BCUT2D eigenvalue weighted by atomic mass is 16.4. The third kappa shape index (κ3) is 4.46. The van der Waals surface area contributed by atoms with Gasteiger partial charge >= 0.3 is 0 Å². The lowest BCUT2D eigenvalue weighted by Crippen LogP contribution is -2.00. The van der Waals surface area contributed by atoms with E-state index in [-0.39, 0.29) is 0 Å². The molecule has 13 rings (SSSR count). The van der Waals surface area contributed by atoms with Crippen molar-refractivity contribution in [2.75, 3.05) is 0 Å². The summed E-state index contributed by atoms with van der Waals surface area (Å²) in [7, 11) is 0. The van der Waals surface area contributed by atoms with E-state index in [0.29, 0.717) is 23.1 Å². The minimum Gasteiger partial charge on any atom is -0.455 e. The largest absolute Gasteiger partial charge is 0.455 e. The van der Waals surface area contributed by atoms with Gasteiger partial charge in [-0.05, 0) is 66.7 Å². The highest BCUT2D eigenvalue weighted by Crippen LogP contribution is 2.42. The molecule has 5 heterocycles. The Balaban J connectivity index is 0.972. The van der Waals surface area contributed by atoms with Crippen molar-refractivity contribution >= 4 is 87.6 Å². The van der Waals surface area contributed by atoms with Crippen molar-refractivity contribution < 1.29 is 13.3 Å². The van der Waals surface area contributed by atoms with Gasteiger partial charge in [0, 0.05) is 66.0 Å². The number of para-hydroxylation sites is 4. The highest BCUT2D eigenvalue weighted by Gasteiger charge is 2.21. The molecule has 0 aliphatic rings. The number of hydrogen-bond acceptors (Lipinski definition) is 6. The fraction of sp³-hybridized carbons (Fsp3) is 0. The maximum absolute atomic E-state index is 6.71. The van der Waals surface area contributed by atoms with Gasteiger partial charge in [0.2, 0.25) is 0 Å². The molecule has 0 N–H and O–H groups in total. The Morgan fingerprint density at radius 2 is 0.879 bits per heavy atom. The van der Waals surface area contributed by atoms with E-state index in [9.17, 15) is 0 Å². The zero-order valence-electron chi connectivity index (χ0n) is 30.7. The average Bonchev–Trinajstić information content (AvgIpc) is 4.05. The number of nitrogens with zero attached hydrogens (tertiary/aromatic N) is 4. The minimum atomic E-state index is 0.537. The van der Waals surface area contributed by atoms with Crippen LogP contribution in [0, 0.1) is 0 Å². The van der Waals surface area contributed by atoms with Crippen LogP contribution in [0.1, 0.15) is 0 Å². The monoisotopic (exact) mass is 744 g/mol. The maximum Gasteiger partial charge on any atom is 0.178 e. The summed E-state index contributed by atoms with van der Waals surface area (Å²) in [5.41, 5.74) is 10.4. The Labute approximate surface area is 329 Å². The lowest BCUT2D eigenvalue weighted by Gasteiger charge is -2.09. The summed E-state index contributed by atoms with van der Waals surface area (Å²) in [6.45, 7) is 0. The third-order valence-corrected chi connectivity index (χ3v) is 11.5. The molecule has 0 saturated carbocycles. The molecule has 0 aliphatic carbocycles. The predicted octanol–water partition coefficient (Wildman–Crippen LogP) is 13.7. The summed E-state index contributed by atoms with van der Waals surface area (Å²) in [5.74, 6) is 1.67. The molecule has 0 spiro atoms. The molecular weight excluding hydrogens is 717 g/mol. The Hall–Kier alpha value is -8.03. The molecule has 0 aliphatic heterocycles. The second kappa shape index (κ2) is 11.7. The maximum atomic E-state index is 6.71. The van der Waals surface area contributed by atoms with Gasteiger partial charge in [-0.25, -0.2) is 15.0 Å². The Morgan fingerprint density at radius 1 is 0.328 bits per heavy atom. The second-order valence-corrected chi connectivity index (χ2v) is 14.7. The number of aromatic nitrogens is 4. The van der Waals surface area contributed by atoms with E-state index in [0.717, 1.165) is 93.6 Å². The van der Waals surface area contributed by atoms with Gasteiger partial charge in [0.1, 0.15) is 22.3 Å². The minimum absolute atomic E-state index is 0.537. The third-order valence-electron chi connectivity index (χ3n) is 11.5. The molecule has 7 nitrogen and oxygen atoms in total. The topological polar surface area (TPSA) is 83.0 Å². The molecule has 8 aromatic carbocycles. The van der Waals surface area contributed by atoms with Crippen molar-refractivity contribution in [3.63, 3.8) is 0 Å². The number of furan rings is 3. The second-order valence-electron chi connectivity index (χ2n) is 14.7. The van der Waals surface area contributed by atoms with Gasteiger partial charge in [0.15, 0.2) is 28.6 Å². The van der Waals surface area contributed by atoms with Crippen LogP contribution < -0.4 is 0 Å². The first-order valence-corrected chi connectivity index (χ1v) is 19.3. The van der Waals surface area contributed by atoms with E-state index in [4.69, 9.17) is 28.2 Å². The molecule has 0 atom stereocenters. The molecule has 0 unspecified atom stereocenters. The molecule has 0 bridgehead atoms. The van der Waals surface area contributed by atoms with Gasteiger partial charge in [0.05, 0.1) is 16.6 Å².